The molecule has 1 atom stereocenters. The van der Waals surface area contributed by atoms with Crippen LogP contribution in [-0.2, 0) is 26.3 Å². The maximum Gasteiger partial charge on any atom is 0.386 e. The molecule has 0 saturated carbocycles. The lowest BCUT2D eigenvalue weighted by molar-refractivity contribution is -0.582. The van der Waals surface area contributed by atoms with Gasteiger partial charge in [-0.15, -0.1) is 0 Å². The van der Waals surface area contributed by atoms with Gasteiger partial charge < -0.3 is 4.74 Å². The fourth-order valence-electron chi connectivity index (χ4n) is 2.63. The van der Waals surface area contributed by atoms with Crippen molar-refractivity contribution in [1.29, 1.82) is 0 Å². The lowest BCUT2D eigenvalue weighted by Crippen LogP contribution is -2.92. The van der Waals surface area contributed by atoms with Gasteiger partial charge in [0.05, 0.1) is 18.7 Å². The fourth-order valence-corrected chi connectivity index (χ4v) is 2.87. The summed E-state index contributed by atoms with van der Waals surface area (Å²) in [7, 11) is 0. The monoisotopic (exact) mass is 535 g/mol. The number of Topliss-reactive ketones (excluding diaryl/α,β-unsaturated/α-hetero) is 1. The third-order valence-corrected chi connectivity index (χ3v) is 4.35. The Morgan fingerprint density at radius 1 is 1.30 bits per heavy atom. The molecule has 0 aliphatic carbocycles. The maximum absolute atomic E-state index is 13.8. The van der Waals surface area contributed by atoms with E-state index in [4.69, 9.17) is 20.1 Å². The largest absolute Gasteiger partial charge is 0.386 e. The molecule has 33 heavy (non-hydrogen) atoms. The van der Waals surface area contributed by atoms with Crippen LogP contribution in [0.25, 0.3) is 0 Å². The first-order chi connectivity index (χ1) is 15.4. The van der Waals surface area contributed by atoms with Crippen molar-refractivity contribution in [3.63, 3.8) is 0 Å². The Kier molecular flexibility index (Phi) is 10.9. The average Bonchev–Trinajstić information content (AvgIpc) is 2.73. The van der Waals surface area contributed by atoms with Crippen LogP contribution in [0.4, 0.5) is 17.6 Å². The van der Waals surface area contributed by atoms with Crippen molar-refractivity contribution in [2.45, 2.75) is 25.1 Å². The summed E-state index contributed by atoms with van der Waals surface area (Å²) in [5.74, 6) is 0.191. The van der Waals surface area contributed by atoms with Gasteiger partial charge in [0.15, 0.2) is 11.3 Å². The SMILES string of the molecule is CC(F)(F)F.NC1=[NH+]C(CF)(c2cccc(CC(=O)c3ccc(Br)cn3)n2)COC1.O=C=O. The molecular weight excluding hydrogens is 516 g/mol. The molecule has 0 bridgehead atoms. The van der Waals surface area contributed by atoms with E-state index in [-0.39, 0.29) is 38.5 Å². The lowest BCUT2D eigenvalue weighted by Gasteiger charge is -2.27. The molecule has 0 amide bonds. The summed E-state index contributed by atoms with van der Waals surface area (Å²) in [6.45, 7) is -0.197. The van der Waals surface area contributed by atoms with Gasteiger partial charge in [0.1, 0.15) is 19.0 Å². The van der Waals surface area contributed by atoms with Gasteiger partial charge in [-0.25, -0.2) is 4.39 Å². The highest BCUT2D eigenvalue weighted by atomic mass is 79.9. The lowest BCUT2D eigenvalue weighted by atomic mass is 9.96. The van der Waals surface area contributed by atoms with Crippen molar-refractivity contribution in [3.8, 4) is 0 Å². The van der Waals surface area contributed by atoms with Crippen LogP contribution in [0.2, 0.25) is 0 Å². The summed E-state index contributed by atoms with van der Waals surface area (Å²) in [6, 6.07) is 8.56. The summed E-state index contributed by atoms with van der Waals surface area (Å²) in [4.78, 5) is 40.1. The molecule has 13 heteroatoms. The number of nitrogens with one attached hydrogen (secondary N) is 1. The van der Waals surface area contributed by atoms with Crippen LogP contribution in [0.15, 0.2) is 41.0 Å². The molecule has 1 unspecified atom stereocenters. The Hall–Kier alpha value is -3.02. The zero-order valence-electron chi connectivity index (χ0n) is 17.3. The maximum atomic E-state index is 13.8. The quantitative estimate of drug-likeness (QED) is 0.436. The van der Waals surface area contributed by atoms with Crippen molar-refractivity contribution < 1.29 is 41.7 Å². The number of ether oxygens (including phenoxy) is 1. The number of amidine groups is 1. The normalized spacial score (nSPS) is 17.3. The second-order valence-corrected chi connectivity index (χ2v) is 7.61. The van der Waals surface area contributed by atoms with Gasteiger partial charge in [0.2, 0.25) is 0 Å². The number of hydrogen-bond donors (Lipinski definition) is 2. The van der Waals surface area contributed by atoms with E-state index in [1.54, 1.807) is 36.5 Å². The number of carbonyl (C=O) groups is 1. The van der Waals surface area contributed by atoms with Crippen molar-refractivity contribution in [3.05, 3.63) is 58.1 Å². The van der Waals surface area contributed by atoms with E-state index < -0.39 is 18.4 Å². The van der Waals surface area contributed by atoms with Crippen LogP contribution < -0.4 is 10.7 Å². The van der Waals surface area contributed by atoms with Crippen LogP contribution in [0.5, 0.6) is 0 Å². The molecule has 0 aromatic carbocycles. The first-order valence-corrected chi connectivity index (χ1v) is 9.93. The first kappa shape index (κ1) is 28.0. The zero-order valence-corrected chi connectivity index (χ0v) is 18.9. The third-order valence-electron chi connectivity index (χ3n) is 3.89. The van der Waals surface area contributed by atoms with E-state index in [1.165, 1.54) is 0 Å². The van der Waals surface area contributed by atoms with Crippen molar-refractivity contribution in [1.82, 2.24) is 9.97 Å². The van der Waals surface area contributed by atoms with Crippen LogP contribution in [0, 0.1) is 0 Å². The summed E-state index contributed by atoms with van der Waals surface area (Å²) < 4.78 is 51.0. The predicted octanol–water partition coefficient (Wildman–Crippen LogP) is 1.28. The third kappa shape index (κ3) is 9.98. The highest BCUT2D eigenvalue weighted by Crippen LogP contribution is 2.18. The summed E-state index contributed by atoms with van der Waals surface area (Å²) in [5, 5.41) is 0. The molecule has 0 spiro atoms. The second-order valence-electron chi connectivity index (χ2n) is 6.70. The van der Waals surface area contributed by atoms with Crippen molar-refractivity contribution in [2.75, 3.05) is 19.9 Å². The van der Waals surface area contributed by atoms with Gasteiger partial charge in [-0.1, -0.05) is 6.07 Å². The number of nitrogens with two attached hydrogens (primary N) is 1. The smallest absolute Gasteiger partial charge is 0.364 e. The van der Waals surface area contributed by atoms with E-state index in [0.717, 1.165) is 4.47 Å². The molecule has 3 rings (SSSR count). The van der Waals surface area contributed by atoms with Gasteiger partial charge in [-0.05, 0) is 40.2 Å². The van der Waals surface area contributed by atoms with Crippen LogP contribution >= 0.6 is 15.9 Å². The number of ketones is 1. The number of aromatic nitrogens is 2. The molecule has 2 aromatic rings. The number of halogens is 5. The van der Waals surface area contributed by atoms with E-state index in [9.17, 15) is 22.4 Å². The molecule has 0 fully saturated rings. The number of rotatable bonds is 5. The molecule has 2 aromatic heterocycles. The minimum atomic E-state index is -4.00. The number of carbonyl (C=O) groups excluding carboxylic acids is 3. The standard InChI is InChI=1S/C17H16BrFN4O2.C2H3F3.CO2/c18-11-4-5-13(21-7-11)14(24)6-12-2-1-3-15(22-12)17(9-19)10-25-8-16(20)23-17;1-2(3,4)5;2-1-3/h1-5,7H,6,8-10H2,(H2,20,23);1H3;/p+1. The Morgan fingerprint density at radius 3 is 2.45 bits per heavy atom. The topological polar surface area (TPSA) is 126 Å². The Bertz CT molecular complexity index is 990. The highest BCUT2D eigenvalue weighted by Gasteiger charge is 2.40. The van der Waals surface area contributed by atoms with Crippen molar-refractivity contribution >= 4 is 33.7 Å². The van der Waals surface area contributed by atoms with E-state index >= 15 is 0 Å². The van der Waals surface area contributed by atoms with Gasteiger partial charge in [-0.3, -0.25) is 25.5 Å². The molecular formula is C20H20BrF4N4O4+. The number of nitrogens with zero attached hydrogens (tertiary/aromatic N) is 2. The number of hydrogen-bond acceptors (Lipinski definition) is 7. The number of pyridine rings is 2. The van der Waals surface area contributed by atoms with Gasteiger partial charge >= 0.3 is 12.3 Å². The molecule has 0 radical (unpaired) electrons. The molecule has 1 aliphatic heterocycles. The summed E-state index contributed by atoms with van der Waals surface area (Å²) in [5.41, 5.74) is 5.96. The second kappa shape index (κ2) is 12.9. The predicted molar refractivity (Wildman–Crippen MR) is 110 cm³/mol. The molecule has 1 aliphatic rings. The summed E-state index contributed by atoms with van der Waals surface area (Å²) in [6.07, 6.45) is -2.11. The van der Waals surface area contributed by atoms with E-state index in [0.29, 0.717) is 22.9 Å². The van der Waals surface area contributed by atoms with E-state index in [2.05, 4.69) is 30.9 Å². The molecule has 0 saturated heterocycles. The Balaban J connectivity index is 0.000000591. The Labute approximate surface area is 194 Å². The molecule has 3 heterocycles. The van der Waals surface area contributed by atoms with Gasteiger partial charge in [0, 0.05) is 23.3 Å². The summed E-state index contributed by atoms with van der Waals surface area (Å²) >= 11 is 3.28. The zero-order chi connectivity index (χ0) is 25.1. The molecule has 178 valence electrons. The van der Waals surface area contributed by atoms with Gasteiger partial charge in [0.25, 0.3) is 5.84 Å². The minimum absolute atomic E-state index is 0.0743. The van der Waals surface area contributed by atoms with E-state index in [1.807, 2.05) is 0 Å². The number of alkyl halides is 4. The highest BCUT2D eigenvalue weighted by molar-refractivity contribution is 9.10. The minimum Gasteiger partial charge on any atom is -0.364 e. The average molecular weight is 536 g/mol. The first-order valence-electron chi connectivity index (χ1n) is 9.14. The molecule has 8 nitrogen and oxygen atoms in total. The Morgan fingerprint density at radius 2 is 1.94 bits per heavy atom. The van der Waals surface area contributed by atoms with Crippen LogP contribution in [0.3, 0.4) is 0 Å². The van der Waals surface area contributed by atoms with Crippen LogP contribution in [-0.4, -0.2) is 53.8 Å². The molecule has 3 N–H and O–H groups in total. The van der Waals surface area contributed by atoms with Gasteiger partial charge in [-0.2, -0.15) is 22.8 Å². The van der Waals surface area contributed by atoms with Crippen molar-refractivity contribution in [2.24, 2.45) is 5.73 Å². The van der Waals surface area contributed by atoms with Crippen LogP contribution in [0.1, 0.15) is 28.8 Å². The fraction of sp³-hybridized carbons (Fsp3) is 0.350.